The molecule has 1 amide bonds. The summed E-state index contributed by atoms with van der Waals surface area (Å²) < 4.78 is 0. The molecule has 4 aromatic rings. The first-order valence-electron chi connectivity index (χ1n) is 10.1. The number of amides is 1. The SMILES string of the molecule is CN/C(=N\C#N)Nc1cccc(NC(=O)c2sccc2NCc2ccnc3ccccc23)c1. The molecule has 0 saturated heterocycles. The van der Waals surface area contributed by atoms with Crippen molar-refractivity contribution in [3.05, 3.63) is 82.7 Å². The molecule has 4 N–H and O–H groups in total. The van der Waals surface area contributed by atoms with E-state index in [0.717, 1.165) is 22.2 Å². The summed E-state index contributed by atoms with van der Waals surface area (Å²) in [4.78, 5) is 21.6. The van der Waals surface area contributed by atoms with E-state index < -0.39 is 0 Å². The zero-order valence-corrected chi connectivity index (χ0v) is 18.6. The molecule has 0 aliphatic carbocycles. The number of anilines is 3. The van der Waals surface area contributed by atoms with Gasteiger partial charge in [0.15, 0.2) is 0 Å². The smallest absolute Gasteiger partial charge is 0.267 e. The summed E-state index contributed by atoms with van der Waals surface area (Å²) in [5, 5.41) is 23.8. The quantitative estimate of drug-likeness (QED) is 0.191. The topological polar surface area (TPSA) is 114 Å². The maximum absolute atomic E-state index is 13.0. The van der Waals surface area contributed by atoms with Crippen LogP contribution in [0.5, 0.6) is 0 Å². The molecule has 33 heavy (non-hydrogen) atoms. The third-order valence-corrected chi connectivity index (χ3v) is 5.78. The Kier molecular flexibility index (Phi) is 6.78. The van der Waals surface area contributed by atoms with Crippen LogP contribution < -0.4 is 21.3 Å². The first-order chi connectivity index (χ1) is 16.2. The van der Waals surface area contributed by atoms with E-state index in [-0.39, 0.29) is 5.91 Å². The number of aromatic nitrogens is 1. The van der Waals surface area contributed by atoms with Gasteiger partial charge in [0.05, 0.1) is 11.2 Å². The predicted molar refractivity (Wildman–Crippen MR) is 134 cm³/mol. The van der Waals surface area contributed by atoms with Crippen LogP contribution in [0.2, 0.25) is 0 Å². The van der Waals surface area contributed by atoms with Gasteiger partial charge in [0.1, 0.15) is 4.88 Å². The predicted octanol–water partition coefficient (Wildman–Crippen LogP) is 4.63. The fraction of sp³-hybridized carbons (Fsp3) is 0.0833. The molecule has 164 valence electrons. The summed E-state index contributed by atoms with van der Waals surface area (Å²) >= 11 is 1.37. The van der Waals surface area contributed by atoms with Gasteiger partial charge in [-0.1, -0.05) is 24.3 Å². The van der Waals surface area contributed by atoms with E-state index in [1.54, 1.807) is 37.6 Å². The van der Waals surface area contributed by atoms with Gasteiger partial charge < -0.3 is 21.3 Å². The standard InChI is InChI=1S/C24H21N7OS/c1-26-24(29-15-25)31-18-6-4-5-17(13-18)30-23(32)22-21(10-12-33-22)28-14-16-9-11-27-20-8-3-2-7-19(16)20/h2-13,28H,14H2,1H3,(H,30,32)(H2,26,29,31). The van der Waals surface area contributed by atoms with Gasteiger partial charge in [-0.25, -0.2) is 0 Å². The summed E-state index contributed by atoms with van der Waals surface area (Å²) in [6, 6.07) is 19.1. The van der Waals surface area contributed by atoms with Crippen molar-refractivity contribution in [3.8, 4) is 6.19 Å². The van der Waals surface area contributed by atoms with Gasteiger partial charge in [0, 0.05) is 36.6 Å². The highest BCUT2D eigenvalue weighted by Gasteiger charge is 2.14. The van der Waals surface area contributed by atoms with Crippen molar-refractivity contribution in [1.82, 2.24) is 10.3 Å². The molecule has 0 radical (unpaired) electrons. The van der Waals surface area contributed by atoms with Gasteiger partial charge in [-0.3, -0.25) is 9.78 Å². The van der Waals surface area contributed by atoms with Crippen molar-refractivity contribution < 1.29 is 4.79 Å². The third-order valence-electron chi connectivity index (χ3n) is 4.86. The number of guanidine groups is 1. The first kappa shape index (κ1) is 21.8. The number of rotatable bonds is 6. The van der Waals surface area contributed by atoms with Crippen LogP contribution in [0.3, 0.4) is 0 Å². The Bertz CT molecular complexity index is 1350. The van der Waals surface area contributed by atoms with Gasteiger partial charge in [-0.15, -0.1) is 16.3 Å². The number of carbonyl (C=O) groups is 1. The first-order valence-corrected chi connectivity index (χ1v) is 11.0. The van der Waals surface area contributed by atoms with E-state index in [9.17, 15) is 4.79 Å². The van der Waals surface area contributed by atoms with E-state index >= 15 is 0 Å². The molecule has 2 aromatic heterocycles. The molecule has 9 heteroatoms. The molecule has 0 saturated carbocycles. The maximum Gasteiger partial charge on any atom is 0.267 e. The second-order valence-corrected chi connectivity index (χ2v) is 7.89. The van der Waals surface area contributed by atoms with Crippen LogP contribution in [0.25, 0.3) is 10.9 Å². The highest BCUT2D eigenvalue weighted by Crippen LogP contribution is 2.26. The van der Waals surface area contributed by atoms with Gasteiger partial charge in [-0.2, -0.15) is 5.26 Å². The van der Waals surface area contributed by atoms with Crippen LogP contribution in [0.4, 0.5) is 17.1 Å². The zero-order valence-electron chi connectivity index (χ0n) is 17.8. The average molecular weight is 456 g/mol. The minimum Gasteiger partial charge on any atom is -0.380 e. The van der Waals surface area contributed by atoms with Crippen LogP contribution in [-0.2, 0) is 6.54 Å². The number of pyridine rings is 1. The summed E-state index contributed by atoms with van der Waals surface area (Å²) in [6.07, 6.45) is 3.52. The van der Waals surface area contributed by atoms with Crippen molar-refractivity contribution in [3.63, 3.8) is 0 Å². The highest BCUT2D eigenvalue weighted by atomic mass is 32.1. The van der Waals surface area contributed by atoms with Crippen LogP contribution in [0.15, 0.2) is 77.2 Å². The van der Waals surface area contributed by atoms with Gasteiger partial charge in [0.2, 0.25) is 12.2 Å². The number of carbonyl (C=O) groups excluding carboxylic acids is 1. The van der Waals surface area contributed by atoms with Crippen molar-refractivity contribution in [1.29, 1.82) is 5.26 Å². The fourth-order valence-electron chi connectivity index (χ4n) is 3.32. The Balaban J connectivity index is 1.46. The zero-order chi connectivity index (χ0) is 23.0. The Morgan fingerprint density at radius 1 is 1.09 bits per heavy atom. The average Bonchev–Trinajstić information content (AvgIpc) is 3.31. The molecule has 4 rings (SSSR count). The molecule has 0 atom stereocenters. The normalized spacial score (nSPS) is 11.0. The number of thiophene rings is 1. The lowest BCUT2D eigenvalue weighted by Gasteiger charge is -2.12. The Morgan fingerprint density at radius 3 is 2.73 bits per heavy atom. The van der Waals surface area contributed by atoms with Gasteiger partial charge in [0.25, 0.3) is 5.91 Å². The second-order valence-electron chi connectivity index (χ2n) is 6.97. The molecule has 0 unspecified atom stereocenters. The number of benzene rings is 2. The number of para-hydroxylation sites is 1. The van der Waals surface area contributed by atoms with Gasteiger partial charge >= 0.3 is 0 Å². The molecule has 2 heterocycles. The summed E-state index contributed by atoms with van der Waals surface area (Å²) in [7, 11) is 1.66. The lowest BCUT2D eigenvalue weighted by molar-refractivity contribution is 0.103. The van der Waals surface area contributed by atoms with Gasteiger partial charge in [-0.05, 0) is 47.3 Å². The molecule has 0 bridgehead atoms. The number of hydrogen-bond acceptors (Lipinski definition) is 6. The number of nitriles is 1. The molecule has 0 fully saturated rings. The van der Waals surface area contributed by atoms with Crippen molar-refractivity contribution in [2.24, 2.45) is 4.99 Å². The monoisotopic (exact) mass is 455 g/mol. The van der Waals surface area contributed by atoms with E-state index in [1.165, 1.54) is 11.3 Å². The lowest BCUT2D eigenvalue weighted by atomic mass is 10.1. The number of nitrogens with one attached hydrogen (secondary N) is 4. The van der Waals surface area contributed by atoms with Crippen molar-refractivity contribution >= 4 is 51.2 Å². The van der Waals surface area contributed by atoms with E-state index in [1.807, 2.05) is 47.8 Å². The minimum atomic E-state index is -0.205. The van der Waals surface area contributed by atoms with E-state index in [4.69, 9.17) is 5.26 Å². The van der Waals surface area contributed by atoms with E-state index in [2.05, 4.69) is 31.2 Å². The Hall–Kier alpha value is -4.42. The number of aliphatic imine (C=N–C) groups is 1. The largest absolute Gasteiger partial charge is 0.380 e. The van der Waals surface area contributed by atoms with Crippen LogP contribution in [0, 0.1) is 11.5 Å². The third kappa shape index (κ3) is 5.26. The minimum absolute atomic E-state index is 0.205. The summed E-state index contributed by atoms with van der Waals surface area (Å²) in [5.41, 5.74) is 4.12. The number of hydrogen-bond donors (Lipinski definition) is 4. The summed E-state index contributed by atoms with van der Waals surface area (Å²) in [5.74, 6) is 0.109. The van der Waals surface area contributed by atoms with E-state index in [0.29, 0.717) is 28.8 Å². The van der Waals surface area contributed by atoms with Crippen LogP contribution >= 0.6 is 11.3 Å². The molecular formula is C24H21N7OS. The Morgan fingerprint density at radius 2 is 1.91 bits per heavy atom. The molecule has 0 spiro atoms. The Labute approximate surface area is 195 Å². The molecule has 0 aliphatic heterocycles. The van der Waals surface area contributed by atoms with Crippen molar-refractivity contribution in [2.75, 3.05) is 23.0 Å². The highest BCUT2D eigenvalue weighted by molar-refractivity contribution is 7.12. The lowest BCUT2D eigenvalue weighted by Crippen LogP contribution is -2.26. The van der Waals surface area contributed by atoms with Crippen LogP contribution in [-0.4, -0.2) is 23.9 Å². The molecule has 0 aliphatic rings. The van der Waals surface area contributed by atoms with Crippen LogP contribution in [0.1, 0.15) is 15.2 Å². The number of nitrogens with zero attached hydrogens (tertiary/aromatic N) is 3. The number of fused-ring (bicyclic) bond motifs is 1. The maximum atomic E-state index is 13.0. The molecular weight excluding hydrogens is 434 g/mol. The summed E-state index contributed by atoms with van der Waals surface area (Å²) in [6.45, 7) is 0.574. The molecule has 8 nitrogen and oxygen atoms in total. The fourth-order valence-corrected chi connectivity index (χ4v) is 4.09. The molecule has 2 aromatic carbocycles. The van der Waals surface area contributed by atoms with Crippen molar-refractivity contribution in [2.45, 2.75) is 6.54 Å². The second kappa shape index (κ2) is 10.3.